The Kier molecular flexibility index (Phi) is 4.34. The third-order valence-corrected chi connectivity index (χ3v) is 4.25. The number of rotatable bonds is 5. The molecule has 0 radical (unpaired) electrons. The second-order valence-corrected chi connectivity index (χ2v) is 5.82. The number of hydrogen-bond donors (Lipinski definition) is 2. The molecule has 0 bridgehead atoms. The molecule has 1 amide bonds. The summed E-state index contributed by atoms with van der Waals surface area (Å²) in [6.45, 7) is 3.51. The number of amides is 1. The predicted molar refractivity (Wildman–Crippen MR) is 86.2 cm³/mol. The zero-order valence-electron chi connectivity index (χ0n) is 13.9. The molecule has 1 aliphatic heterocycles. The summed E-state index contributed by atoms with van der Waals surface area (Å²) in [7, 11) is 0. The molecule has 2 atom stereocenters. The number of hydroxylamine groups is 3. The third-order valence-electron chi connectivity index (χ3n) is 4.25. The minimum absolute atomic E-state index is 0.00298. The maximum Gasteiger partial charge on any atom is 0.393 e. The Balaban J connectivity index is 2.07. The minimum atomic E-state index is -1.67. The van der Waals surface area contributed by atoms with Crippen LogP contribution in [0.1, 0.15) is 36.4 Å². The van der Waals surface area contributed by atoms with E-state index in [4.69, 9.17) is 19.8 Å². The van der Waals surface area contributed by atoms with Crippen LogP contribution in [0.15, 0.2) is 53.1 Å². The van der Waals surface area contributed by atoms with Gasteiger partial charge in [0.05, 0.1) is 6.26 Å². The molecule has 25 heavy (non-hydrogen) atoms. The zero-order chi connectivity index (χ0) is 18.1. The first-order valence-electron chi connectivity index (χ1n) is 7.81. The van der Waals surface area contributed by atoms with E-state index in [-0.39, 0.29) is 5.76 Å². The van der Waals surface area contributed by atoms with Gasteiger partial charge < -0.3 is 15.0 Å². The third kappa shape index (κ3) is 2.70. The summed E-state index contributed by atoms with van der Waals surface area (Å²) < 4.78 is 5.06. The molecular weight excluding hydrogens is 326 g/mol. The number of primary amides is 1. The lowest BCUT2D eigenvalue weighted by atomic mass is 9.97. The fourth-order valence-corrected chi connectivity index (χ4v) is 2.67. The summed E-state index contributed by atoms with van der Waals surface area (Å²) in [5.74, 6) is -1.54. The van der Waals surface area contributed by atoms with Crippen molar-refractivity contribution < 1.29 is 23.7 Å². The number of furan rings is 1. The molecule has 1 aromatic heterocycles. The van der Waals surface area contributed by atoms with E-state index in [0.717, 1.165) is 5.06 Å². The summed E-state index contributed by atoms with van der Waals surface area (Å²) in [5.41, 5.74) is 6.05. The Labute approximate surface area is 144 Å². The molecule has 2 aromatic rings. The molecule has 1 aromatic carbocycles. The zero-order valence-corrected chi connectivity index (χ0v) is 13.9. The number of nitrogens with one attached hydrogen (secondary N) is 1. The van der Waals surface area contributed by atoms with Crippen molar-refractivity contribution in [1.29, 1.82) is 0 Å². The van der Waals surface area contributed by atoms with Crippen LogP contribution >= 0.6 is 0 Å². The van der Waals surface area contributed by atoms with Crippen LogP contribution in [0.2, 0.25) is 0 Å². The van der Waals surface area contributed by atoms with E-state index in [9.17, 15) is 9.59 Å². The van der Waals surface area contributed by atoms with Gasteiger partial charge in [0, 0.05) is 5.56 Å². The van der Waals surface area contributed by atoms with E-state index in [1.807, 2.05) is 6.92 Å². The SMILES string of the molecule is CCC1(C)ONC(C(N)=O)(c2ccccc2)N1OC(=O)c1ccco1. The summed E-state index contributed by atoms with van der Waals surface area (Å²) in [4.78, 5) is 36.0. The van der Waals surface area contributed by atoms with E-state index in [1.54, 1.807) is 43.3 Å². The maximum absolute atomic E-state index is 12.4. The Morgan fingerprint density at radius 3 is 2.52 bits per heavy atom. The normalized spacial score (nSPS) is 26.5. The van der Waals surface area contributed by atoms with Gasteiger partial charge in [-0.3, -0.25) is 9.63 Å². The van der Waals surface area contributed by atoms with Crippen molar-refractivity contribution in [2.24, 2.45) is 5.73 Å². The van der Waals surface area contributed by atoms with Gasteiger partial charge in [-0.15, -0.1) is 0 Å². The Bertz CT molecular complexity index is 764. The minimum Gasteiger partial charge on any atom is -0.457 e. The van der Waals surface area contributed by atoms with Crippen molar-refractivity contribution in [1.82, 2.24) is 10.5 Å². The molecular formula is C17H19N3O5. The summed E-state index contributed by atoms with van der Waals surface area (Å²) >= 11 is 0. The standard InChI is InChI=1S/C17H19N3O5/c1-3-16(2)20(24-14(21)13-10-7-11-23-13)17(15(18)22,19-25-16)12-8-5-4-6-9-12/h4-11,19H,3H2,1-2H3,(H2,18,22). The van der Waals surface area contributed by atoms with Gasteiger partial charge in [-0.05, 0) is 25.5 Å². The van der Waals surface area contributed by atoms with Crippen LogP contribution in [-0.2, 0) is 20.1 Å². The first kappa shape index (κ1) is 17.2. The molecule has 8 nitrogen and oxygen atoms in total. The van der Waals surface area contributed by atoms with Gasteiger partial charge in [-0.25, -0.2) is 4.79 Å². The van der Waals surface area contributed by atoms with Crippen molar-refractivity contribution in [2.75, 3.05) is 0 Å². The molecule has 8 heteroatoms. The predicted octanol–water partition coefficient (Wildman–Crippen LogP) is 1.65. The molecule has 132 valence electrons. The number of hydrogen-bond acceptors (Lipinski definition) is 7. The fourth-order valence-electron chi connectivity index (χ4n) is 2.67. The molecule has 2 unspecified atom stereocenters. The van der Waals surface area contributed by atoms with Gasteiger partial charge in [0.2, 0.25) is 11.4 Å². The topological polar surface area (TPSA) is 107 Å². The average molecular weight is 345 g/mol. The maximum atomic E-state index is 12.4. The first-order valence-corrected chi connectivity index (χ1v) is 7.81. The van der Waals surface area contributed by atoms with Crippen LogP contribution in [0.25, 0.3) is 0 Å². The summed E-state index contributed by atoms with van der Waals surface area (Å²) in [6, 6.07) is 11.7. The molecule has 0 saturated carbocycles. The number of nitrogens with zero attached hydrogens (tertiary/aromatic N) is 1. The van der Waals surface area contributed by atoms with Crippen LogP contribution in [0.4, 0.5) is 0 Å². The van der Waals surface area contributed by atoms with Gasteiger partial charge in [0.25, 0.3) is 5.91 Å². The second-order valence-electron chi connectivity index (χ2n) is 5.82. The van der Waals surface area contributed by atoms with Crippen molar-refractivity contribution in [3.63, 3.8) is 0 Å². The van der Waals surface area contributed by atoms with E-state index in [2.05, 4.69) is 5.48 Å². The molecule has 3 N–H and O–H groups in total. The van der Waals surface area contributed by atoms with Gasteiger partial charge >= 0.3 is 5.97 Å². The number of benzene rings is 1. The van der Waals surface area contributed by atoms with E-state index < -0.39 is 23.3 Å². The molecule has 1 aliphatic rings. The lowest BCUT2D eigenvalue weighted by molar-refractivity contribution is -0.247. The Hall–Kier alpha value is -2.68. The van der Waals surface area contributed by atoms with Crippen molar-refractivity contribution in [3.05, 3.63) is 60.1 Å². The molecule has 1 saturated heterocycles. The Morgan fingerprint density at radius 2 is 1.96 bits per heavy atom. The number of carbonyl (C=O) groups excluding carboxylic acids is 2. The molecule has 3 rings (SSSR count). The van der Waals surface area contributed by atoms with Crippen LogP contribution in [-0.4, -0.2) is 22.7 Å². The van der Waals surface area contributed by atoms with Crippen LogP contribution in [0.5, 0.6) is 0 Å². The van der Waals surface area contributed by atoms with Crippen molar-refractivity contribution in [2.45, 2.75) is 31.7 Å². The highest BCUT2D eigenvalue weighted by atomic mass is 16.8. The first-order chi connectivity index (χ1) is 11.9. The van der Waals surface area contributed by atoms with E-state index >= 15 is 0 Å². The van der Waals surface area contributed by atoms with Crippen molar-refractivity contribution >= 4 is 11.9 Å². The number of nitrogens with two attached hydrogens (primary N) is 1. The second kappa shape index (κ2) is 6.32. The summed E-state index contributed by atoms with van der Waals surface area (Å²) in [5, 5.41) is 1.16. The van der Waals surface area contributed by atoms with Gasteiger partial charge in [-0.2, -0.15) is 5.48 Å². The van der Waals surface area contributed by atoms with Gasteiger partial charge in [0.15, 0.2) is 5.72 Å². The molecule has 0 spiro atoms. The molecule has 0 aliphatic carbocycles. The van der Waals surface area contributed by atoms with Gasteiger partial charge in [-0.1, -0.05) is 42.3 Å². The Morgan fingerprint density at radius 1 is 1.24 bits per heavy atom. The lowest BCUT2D eigenvalue weighted by Crippen LogP contribution is -2.61. The molecule has 1 fully saturated rings. The quantitative estimate of drug-likeness (QED) is 0.848. The smallest absolute Gasteiger partial charge is 0.393 e. The fraction of sp³-hybridized carbons (Fsp3) is 0.294. The highest BCUT2D eigenvalue weighted by Gasteiger charge is 2.61. The van der Waals surface area contributed by atoms with Crippen LogP contribution in [0.3, 0.4) is 0 Å². The summed E-state index contributed by atoms with van der Waals surface area (Å²) in [6.07, 6.45) is 1.76. The number of carbonyl (C=O) groups is 2. The highest BCUT2D eigenvalue weighted by Crippen LogP contribution is 2.40. The van der Waals surface area contributed by atoms with E-state index in [1.165, 1.54) is 12.3 Å². The molecule has 2 heterocycles. The van der Waals surface area contributed by atoms with Crippen molar-refractivity contribution in [3.8, 4) is 0 Å². The highest BCUT2D eigenvalue weighted by molar-refractivity contribution is 5.88. The monoisotopic (exact) mass is 345 g/mol. The van der Waals surface area contributed by atoms with Crippen LogP contribution < -0.4 is 11.2 Å². The van der Waals surface area contributed by atoms with E-state index in [0.29, 0.717) is 12.0 Å². The van der Waals surface area contributed by atoms with Crippen LogP contribution in [0, 0.1) is 0 Å². The lowest BCUT2D eigenvalue weighted by Gasteiger charge is -2.37. The largest absolute Gasteiger partial charge is 0.457 e. The average Bonchev–Trinajstić information content (AvgIpc) is 3.24. The van der Waals surface area contributed by atoms with Gasteiger partial charge in [0.1, 0.15) is 0 Å².